The second-order valence-corrected chi connectivity index (χ2v) is 5.99. The Kier molecular flexibility index (Phi) is 5.73. The molecule has 1 heterocycles. The number of carboxylic acids is 1. The third-order valence-corrected chi connectivity index (χ3v) is 4.41. The van der Waals surface area contributed by atoms with Gasteiger partial charge in [-0.05, 0) is 24.3 Å². The molecule has 0 aromatic heterocycles. The van der Waals surface area contributed by atoms with Crippen molar-refractivity contribution >= 4 is 23.6 Å². The van der Waals surface area contributed by atoms with Crippen molar-refractivity contribution in [1.29, 1.82) is 0 Å². The van der Waals surface area contributed by atoms with Gasteiger partial charge < -0.3 is 14.7 Å². The van der Waals surface area contributed by atoms with Crippen molar-refractivity contribution in [1.82, 2.24) is 4.90 Å². The normalized spacial score (nSPS) is 17.6. The van der Waals surface area contributed by atoms with Crippen LogP contribution in [0.25, 0.3) is 0 Å². The van der Waals surface area contributed by atoms with Crippen molar-refractivity contribution in [2.45, 2.75) is 12.5 Å². The van der Waals surface area contributed by atoms with Crippen molar-refractivity contribution in [2.75, 3.05) is 24.7 Å². The lowest BCUT2D eigenvalue weighted by Gasteiger charge is -2.34. The van der Waals surface area contributed by atoms with Gasteiger partial charge in [0.2, 0.25) is 0 Å². The van der Waals surface area contributed by atoms with Crippen LogP contribution in [0, 0.1) is 12.3 Å². The number of nitrogens with zero attached hydrogens (tertiary/aromatic N) is 1. The number of ether oxygens (including phenoxy) is 1. The van der Waals surface area contributed by atoms with Crippen LogP contribution in [0.15, 0.2) is 24.3 Å². The molecule has 1 unspecified atom stereocenters. The molecule has 6 heteroatoms. The molecular weight excluding hydrogens is 302 g/mol. The minimum absolute atomic E-state index is 0.0257. The summed E-state index contributed by atoms with van der Waals surface area (Å²) in [5, 5.41) is 8.97. The average molecular weight is 319 g/mol. The van der Waals surface area contributed by atoms with Crippen LogP contribution in [0.3, 0.4) is 0 Å². The molecular formula is C16H17NO4S. The minimum atomic E-state index is -0.886. The topological polar surface area (TPSA) is 66.8 Å². The first-order chi connectivity index (χ1) is 10.6. The molecule has 1 saturated heterocycles. The van der Waals surface area contributed by atoms with Gasteiger partial charge in [-0.15, -0.1) is 6.42 Å². The standard InChI is InChI=1S/C16H17NO4S/c1-2-8-21-14-5-3-12(4-6-14)16(20)17-7-9-22-11-13(17)10-15(18)19/h1,3-6,13H,7-11H2,(H,18,19). The molecule has 5 nitrogen and oxygen atoms in total. The van der Waals surface area contributed by atoms with Gasteiger partial charge in [-0.2, -0.15) is 11.8 Å². The Hall–Kier alpha value is -2.13. The van der Waals surface area contributed by atoms with Crippen LogP contribution in [-0.4, -0.2) is 52.6 Å². The molecule has 2 rings (SSSR count). The van der Waals surface area contributed by atoms with Crippen LogP contribution < -0.4 is 4.74 Å². The molecule has 0 aliphatic carbocycles. The fourth-order valence-electron chi connectivity index (χ4n) is 2.28. The summed E-state index contributed by atoms with van der Waals surface area (Å²) in [4.78, 5) is 25.2. The Bertz CT molecular complexity index is 579. The summed E-state index contributed by atoms with van der Waals surface area (Å²) in [5.41, 5.74) is 0.523. The van der Waals surface area contributed by atoms with Gasteiger partial charge in [-0.25, -0.2) is 0 Å². The maximum absolute atomic E-state index is 12.6. The first-order valence-corrected chi connectivity index (χ1v) is 8.04. The number of terminal acetylenes is 1. The van der Waals surface area contributed by atoms with E-state index in [1.807, 2.05) is 0 Å². The van der Waals surface area contributed by atoms with Gasteiger partial charge in [0.15, 0.2) is 0 Å². The van der Waals surface area contributed by atoms with E-state index in [4.69, 9.17) is 16.3 Å². The number of hydrogen-bond acceptors (Lipinski definition) is 4. The first-order valence-electron chi connectivity index (χ1n) is 6.88. The van der Waals surface area contributed by atoms with Crippen molar-refractivity contribution in [2.24, 2.45) is 0 Å². The van der Waals surface area contributed by atoms with Crippen molar-refractivity contribution in [3.05, 3.63) is 29.8 Å². The molecule has 0 radical (unpaired) electrons. The zero-order chi connectivity index (χ0) is 15.9. The molecule has 1 aromatic carbocycles. The van der Waals surface area contributed by atoms with E-state index in [0.717, 1.165) is 5.75 Å². The van der Waals surface area contributed by atoms with Crippen LogP contribution in [0.2, 0.25) is 0 Å². The van der Waals surface area contributed by atoms with Gasteiger partial charge in [0, 0.05) is 23.6 Å². The van der Waals surface area contributed by atoms with Gasteiger partial charge >= 0.3 is 5.97 Å². The summed E-state index contributed by atoms with van der Waals surface area (Å²) in [6.07, 6.45) is 5.10. The highest BCUT2D eigenvalue weighted by Gasteiger charge is 2.29. The van der Waals surface area contributed by atoms with E-state index >= 15 is 0 Å². The summed E-state index contributed by atoms with van der Waals surface area (Å²) in [5.74, 6) is 3.43. The molecule has 1 aromatic rings. The third kappa shape index (κ3) is 4.18. The molecule has 22 heavy (non-hydrogen) atoms. The summed E-state index contributed by atoms with van der Waals surface area (Å²) in [7, 11) is 0. The zero-order valence-corrected chi connectivity index (χ0v) is 12.8. The van der Waals surface area contributed by atoms with Gasteiger partial charge in [0.25, 0.3) is 5.91 Å². The number of carbonyl (C=O) groups excluding carboxylic acids is 1. The quantitative estimate of drug-likeness (QED) is 0.837. The Morgan fingerprint density at radius 2 is 2.14 bits per heavy atom. The summed E-state index contributed by atoms with van der Waals surface area (Å²) in [6.45, 7) is 0.744. The molecule has 1 N–H and O–H groups in total. The zero-order valence-electron chi connectivity index (χ0n) is 12.0. The van der Waals surface area contributed by atoms with Crippen LogP contribution in [0.1, 0.15) is 16.8 Å². The van der Waals surface area contributed by atoms with E-state index in [9.17, 15) is 9.59 Å². The Morgan fingerprint density at radius 1 is 1.41 bits per heavy atom. The number of hydrogen-bond donors (Lipinski definition) is 1. The SMILES string of the molecule is C#CCOc1ccc(C(=O)N2CCSCC2CC(=O)O)cc1. The van der Waals surface area contributed by atoms with Gasteiger partial charge in [0.1, 0.15) is 12.4 Å². The number of benzene rings is 1. The molecule has 0 saturated carbocycles. The van der Waals surface area contributed by atoms with E-state index in [1.165, 1.54) is 0 Å². The molecule has 116 valence electrons. The summed E-state index contributed by atoms with van der Waals surface area (Å²) >= 11 is 1.68. The van der Waals surface area contributed by atoms with Crippen molar-refractivity contribution < 1.29 is 19.4 Å². The van der Waals surface area contributed by atoms with E-state index in [2.05, 4.69) is 5.92 Å². The molecule has 0 bridgehead atoms. The highest BCUT2D eigenvalue weighted by atomic mass is 32.2. The van der Waals surface area contributed by atoms with E-state index in [0.29, 0.717) is 23.6 Å². The maximum atomic E-state index is 12.6. The van der Waals surface area contributed by atoms with E-state index in [1.54, 1.807) is 40.9 Å². The second kappa shape index (κ2) is 7.76. The van der Waals surface area contributed by atoms with Crippen LogP contribution in [0.4, 0.5) is 0 Å². The number of thioether (sulfide) groups is 1. The van der Waals surface area contributed by atoms with Crippen molar-refractivity contribution in [3.63, 3.8) is 0 Å². The first kappa shape index (κ1) is 16.2. The molecule has 1 aliphatic heterocycles. The van der Waals surface area contributed by atoms with E-state index in [-0.39, 0.29) is 25.0 Å². The number of amides is 1. The van der Waals surface area contributed by atoms with Crippen LogP contribution >= 0.6 is 11.8 Å². The summed E-state index contributed by atoms with van der Waals surface area (Å²) < 4.78 is 5.27. The number of carboxylic acid groups (broad SMARTS) is 1. The highest BCUT2D eigenvalue weighted by molar-refractivity contribution is 7.99. The predicted octanol–water partition coefficient (Wildman–Crippen LogP) is 1.73. The monoisotopic (exact) mass is 319 g/mol. The van der Waals surface area contributed by atoms with Gasteiger partial charge in [0.05, 0.1) is 12.5 Å². The molecule has 0 spiro atoms. The fourth-order valence-corrected chi connectivity index (χ4v) is 3.34. The molecule has 1 amide bonds. The molecule has 1 atom stereocenters. The maximum Gasteiger partial charge on any atom is 0.305 e. The predicted molar refractivity (Wildman–Crippen MR) is 85.2 cm³/mol. The minimum Gasteiger partial charge on any atom is -0.481 e. The lowest BCUT2D eigenvalue weighted by atomic mass is 10.1. The molecule has 1 fully saturated rings. The smallest absolute Gasteiger partial charge is 0.305 e. The summed E-state index contributed by atoms with van der Waals surface area (Å²) in [6, 6.07) is 6.47. The Morgan fingerprint density at radius 3 is 2.77 bits per heavy atom. The number of rotatable bonds is 5. The third-order valence-electron chi connectivity index (χ3n) is 3.32. The highest BCUT2D eigenvalue weighted by Crippen LogP contribution is 2.22. The number of carbonyl (C=O) groups is 2. The van der Waals surface area contributed by atoms with Gasteiger partial charge in [-0.1, -0.05) is 5.92 Å². The van der Waals surface area contributed by atoms with Crippen molar-refractivity contribution in [3.8, 4) is 18.1 Å². The number of aliphatic carboxylic acids is 1. The lowest BCUT2D eigenvalue weighted by Crippen LogP contribution is -2.47. The Balaban J connectivity index is 2.08. The van der Waals surface area contributed by atoms with E-state index < -0.39 is 5.97 Å². The lowest BCUT2D eigenvalue weighted by molar-refractivity contribution is -0.138. The second-order valence-electron chi connectivity index (χ2n) is 4.84. The molecule has 1 aliphatic rings. The fraction of sp³-hybridized carbons (Fsp3) is 0.375. The average Bonchev–Trinajstić information content (AvgIpc) is 2.53. The Labute approximate surface area is 133 Å². The van der Waals surface area contributed by atoms with Gasteiger partial charge in [-0.3, -0.25) is 9.59 Å². The largest absolute Gasteiger partial charge is 0.481 e. The van der Waals surface area contributed by atoms with Crippen LogP contribution in [0.5, 0.6) is 5.75 Å². The van der Waals surface area contributed by atoms with Crippen LogP contribution in [-0.2, 0) is 4.79 Å².